The highest BCUT2D eigenvalue weighted by molar-refractivity contribution is 14.0. The molecule has 2 heterocycles. The Morgan fingerprint density at radius 3 is 2.93 bits per heavy atom. The SMILES string of the molecule is CCNC(=NCc1coc(-c2cccs2)n1)NCCN(C)CCCOC.I. The van der Waals surface area contributed by atoms with Crippen molar-refractivity contribution in [2.45, 2.75) is 19.9 Å². The Balaban J connectivity index is 0.00000364. The van der Waals surface area contributed by atoms with Crippen LogP contribution in [0.3, 0.4) is 0 Å². The average molecular weight is 507 g/mol. The normalized spacial score (nSPS) is 11.5. The minimum absolute atomic E-state index is 0. The van der Waals surface area contributed by atoms with Crippen LogP contribution in [0.2, 0.25) is 0 Å². The monoisotopic (exact) mass is 507 g/mol. The van der Waals surface area contributed by atoms with E-state index < -0.39 is 0 Å². The number of hydrogen-bond acceptors (Lipinski definition) is 6. The summed E-state index contributed by atoms with van der Waals surface area (Å²) in [4.78, 5) is 12.4. The summed E-state index contributed by atoms with van der Waals surface area (Å²) in [6.07, 6.45) is 2.71. The molecule has 9 heteroatoms. The molecule has 0 fully saturated rings. The predicted molar refractivity (Wildman–Crippen MR) is 122 cm³/mol. The molecule has 2 aromatic rings. The van der Waals surface area contributed by atoms with Crippen LogP contribution < -0.4 is 10.6 Å². The number of halogens is 1. The van der Waals surface area contributed by atoms with Crippen molar-refractivity contribution in [3.05, 3.63) is 29.5 Å². The van der Waals surface area contributed by atoms with Crippen LogP contribution in [0.15, 0.2) is 33.2 Å². The summed E-state index contributed by atoms with van der Waals surface area (Å²) in [5, 5.41) is 8.62. The quantitative estimate of drug-likeness (QED) is 0.211. The molecular weight excluding hydrogens is 477 g/mol. The summed E-state index contributed by atoms with van der Waals surface area (Å²) in [7, 11) is 3.85. The second-order valence-electron chi connectivity index (χ2n) is 5.89. The highest BCUT2D eigenvalue weighted by atomic mass is 127. The maximum Gasteiger partial charge on any atom is 0.236 e. The van der Waals surface area contributed by atoms with Crippen molar-refractivity contribution < 1.29 is 9.15 Å². The van der Waals surface area contributed by atoms with E-state index in [9.17, 15) is 0 Å². The van der Waals surface area contributed by atoms with E-state index >= 15 is 0 Å². The van der Waals surface area contributed by atoms with Gasteiger partial charge in [-0.1, -0.05) is 6.07 Å². The summed E-state index contributed by atoms with van der Waals surface area (Å²) in [6.45, 7) is 6.94. The molecule has 152 valence electrons. The number of guanidine groups is 1. The van der Waals surface area contributed by atoms with Gasteiger partial charge in [-0.05, 0) is 31.8 Å². The minimum atomic E-state index is 0. The zero-order valence-electron chi connectivity index (χ0n) is 16.2. The Hall–Kier alpha value is -1.17. The lowest BCUT2D eigenvalue weighted by Gasteiger charge is -2.18. The number of thiophene rings is 1. The third-order valence-corrected chi connectivity index (χ3v) is 4.56. The van der Waals surface area contributed by atoms with E-state index in [0.29, 0.717) is 12.4 Å². The van der Waals surface area contributed by atoms with Crippen molar-refractivity contribution >= 4 is 41.3 Å². The first-order valence-corrected chi connectivity index (χ1v) is 9.78. The van der Waals surface area contributed by atoms with Crippen molar-refractivity contribution in [1.82, 2.24) is 20.5 Å². The maximum atomic E-state index is 5.53. The minimum Gasteiger partial charge on any atom is -0.443 e. The molecule has 27 heavy (non-hydrogen) atoms. The number of nitrogens with one attached hydrogen (secondary N) is 2. The molecule has 0 saturated carbocycles. The van der Waals surface area contributed by atoms with Gasteiger partial charge >= 0.3 is 0 Å². The number of rotatable bonds is 11. The van der Waals surface area contributed by atoms with Crippen LogP contribution >= 0.6 is 35.3 Å². The van der Waals surface area contributed by atoms with Crippen molar-refractivity contribution in [2.75, 3.05) is 46.9 Å². The van der Waals surface area contributed by atoms with Gasteiger partial charge in [0, 0.05) is 39.9 Å². The number of oxazole rings is 1. The molecule has 0 radical (unpaired) electrons. The fourth-order valence-corrected chi connectivity index (χ4v) is 3.01. The average Bonchev–Trinajstić information content (AvgIpc) is 3.31. The van der Waals surface area contributed by atoms with Gasteiger partial charge in [-0.2, -0.15) is 0 Å². The maximum absolute atomic E-state index is 5.53. The number of hydrogen-bond donors (Lipinski definition) is 2. The number of ether oxygens (including phenoxy) is 1. The van der Waals surface area contributed by atoms with Crippen molar-refractivity contribution in [1.29, 1.82) is 0 Å². The van der Waals surface area contributed by atoms with E-state index in [-0.39, 0.29) is 24.0 Å². The summed E-state index contributed by atoms with van der Waals surface area (Å²) < 4.78 is 10.6. The molecule has 0 aliphatic heterocycles. The Morgan fingerprint density at radius 1 is 1.37 bits per heavy atom. The second-order valence-corrected chi connectivity index (χ2v) is 6.84. The highest BCUT2D eigenvalue weighted by Crippen LogP contribution is 2.23. The standard InChI is InChI=1S/C18H29N5O2S.HI/c1-4-19-18(20-8-10-23(2)9-6-11-24-3)21-13-15-14-25-17(22-15)16-7-5-12-26-16;/h5,7,12,14H,4,6,8-11,13H2,1-3H3,(H2,19,20,21);1H. The smallest absolute Gasteiger partial charge is 0.236 e. The Labute approximate surface area is 182 Å². The molecule has 0 aliphatic rings. The Bertz CT molecular complexity index is 648. The molecule has 0 aromatic carbocycles. The summed E-state index contributed by atoms with van der Waals surface area (Å²) >= 11 is 1.61. The van der Waals surface area contributed by atoms with Crippen LogP contribution in [0.1, 0.15) is 19.0 Å². The van der Waals surface area contributed by atoms with Crippen molar-refractivity contribution in [3.63, 3.8) is 0 Å². The van der Waals surface area contributed by atoms with Crippen LogP contribution in [0, 0.1) is 0 Å². The van der Waals surface area contributed by atoms with E-state index in [1.165, 1.54) is 0 Å². The lowest BCUT2D eigenvalue weighted by molar-refractivity contribution is 0.180. The van der Waals surface area contributed by atoms with Gasteiger partial charge in [0.15, 0.2) is 5.96 Å². The van der Waals surface area contributed by atoms with Gasteiger partial charge in [-0.3, -0.25) is 0 Å². The van der Waals surface area contributed by atoms with Crippen LogP contribution in [-0.2, 0) is 11.3 Å². The Morgan fingerprint density at radius 2 is 2.22 bits per heavy atom. The third-order valence-electron chi connectivity index (χ3n) is 3.70. The topological polar surface area (TPSA) is 74.9 Å². The molecule has 0 amide bonds. The zero-order valence-corrected chi connectivity index (χ0v) is 19.4. The fourth-order valence-electron chi connectivity index (χ4n) is 2.35. The Kier molecular flexibility index (Phi) is 12.3. The van der Waals surface area contributed by atoms with Crippen LogP contribution in [0.4, 0.5) is 0 Å². The molecule has 0 bridgehead atoms. The molecule has 0 spiro atoms. The summed E-state index contributed by atoms with van der Waals surface area (Å²) in [5.74, 6) is 1.44. The lowest BCUT2D eigenvalue weighted by atomic mass is 10.4. The van der Waals surface area contributed by atoms with Gasteiger partial charge in [-0.15, -0.1) is 35.3 Å². The van der Waals surface area contributed by atoms with Gasteiger partial charge in [0.1, 0.15) is 12.0 Å². The molecule has 2 aromatic heterocycles. The van der Waals surface area contributed by atoms with E-state index in [4.69, 9.17) is 9.15 Å². The van der Waals surface area contributed by atoms with Crippen LogP contribution in [0.25, 0.3) is 10.8 Å². The number of aliphatic imine (C=N–C) groups is 1. The molecular formula is C18H30IN5O2S. The van der Waals surface area contributed by atoms with Crippen molar-refractivity contribution in [3.8, 4) is 10.8 Å². The van der Waals surface area contributed by atoms with Gasteiger partial charge in [0.05, 0.1) is 11.4 Å². The molecule has 0 unspecified atom stereocenters. The third kappa shape index (κ3) is 9.04. The second kappa shape index (κ2) is 13.9. The summed E-state index contributed by atoms with van der Waals surface area (Å²) in [6, 6.07) is 3.99. The zero-order chi connectivity index (χ0) is 18.6. The molecule has 2 N–H and O–H groups in total. The molecule has 0 aliphatic carbocycles. The number of methoxy groups -OCH3 is 1. The van der Waals surface area contributed by atoms with Gasteiger partial charge in [-0.25, -0.2) is 9.98 Å². The number of nitrogens with zero attached hydrogens (tertiary/aromatic N) is 3. The first-order chi connectivity index (χ1) is 12.7. The first-order valence-electron chi connectivity index (χ1n) is 8.91. The van der Waals surface area contributed by atoms with E-state index in [1.54, 1.807) is 24.7 Å². The molecule has 0 atom stereocenters. The van der Waals surface area contributed by atoms with Crippen LogP contribution in [-0.4, -0.2) is 62.8 Å². The van der Waals surface area contributed by atoms with Crippen LogP contribution in [0.5, 0.6) is 0 Å². The summed E-state index contributed by atoms with van der Waals surface area (Å²) in [5.41, 5.74) is 0.822. The largest absolute Gasteiger partial charge is 0.443 e. The van der Waals surface area contributed by atoms with Crippen molar-refractivity contribution in [2.24, 2.45) is 4.99 Å². The first kappa shape index (κ1) is 23.9. The lowest BCUT2D eigenvalue weighted by Crippen LogP contribution is -2.41. The fraction of sp³-hybridized carbons (Fsp3) is 0.556. The highest BCUT2D eigenvalue weighted by Gasteiger charge is 2.07. The number of likely N-dealkylation sites (N-methyl/N-ethyl adjacent to an activating group) is 1. The van der Waals surface area contributed by atoms with Gasteiger partial charge in [0.2, 0.25) is 5.89 Å². The molecule has 2 rings (SSSR count). The molecule has 7 nitrogen and oxygen atoms in total. The molecule has 0 saturated heterocycles. The van der Waals surface area contributed by atoms with E-state index in [1.807, 2.05) is 17.5 Å². The van der Waals surface area contributed by atoms with Gasteiger partial charge < -0.3 is 24.7 Å². The van der Waals surface area contributed by atoms with E-state index in [2.05, 4.69) is 39.5 Å². The predicted octanol–water partition coefficient (Wildman–Crippen LogP) is 3.04. The van der Waals surface area contributed by atoms with Gasteiger partial charge in [0.25, 0.3) is 0 Å². The van der Waals surface area contributed by atoms with E-state index in [0.717, 1.165) is 55.7 Å². The number of aromatic nitrogens is 1.